The summed E-state index contributed by atoms with van der Waals surface area (Å²) in [7, 11) is 1.63. The first-order valence-electron chi connectivity index (χ1n) is 10.2. The van der Waals surface area contributed by atoms with Crippen molar-refractivity contribution < 1.29 is 19.0 Å². The van der Waals surface area contributed by atoms with E-state index in [0.29, 0.717) is 18.3 Å². The van der Waals surface area contributed by atoms with Crippen molar-refractivity contribution in [3.63, 3.8) is 0 Å². The fourth-order valence-electron chi connectivity index (χ4n) is 3.79. The SMILES string of the molecule is COc1cc(CC(=O)OC(C)(C)C2CCNCC2)ccc1COc1ccccc1. The largest absolute Gasteiger partial charge is 0.496 e. The lowest BCUT2D eigenvalue weighted by atomic mass is 9.83. The van der Waals surface area contributed by atoms with E-state index < -0.39 is 5.60 Å². The van der Waals surface area contributed by atoms with Crippen molar-refractivity contribution in [1.29, 1.82) is 0 Å². The van der Waals surface area contributed by atoms with Gasteiger partial charge < -0.3 is 19.5 Å². The fraction of sp³-hybridized carbons (Fsp3) is 0.458. The van der Waals surface area contributed by atoms with Crippen LogP contribution in [0.4, 0.5) is 0 Å². The van der Waals surface area contributed by atoms with E-state index in [2.05, 4.69) is 5.32 Å². The van der Waals surface area contributed by atoms with E-state index in [0.717, 1.165) is 42.8 Å². The summed E-state index contributed by atoms with van der Waals surface area (Å²) in [4.78, 5) is 12.6. The fourth-order valence-corrected chi connectivity index (χ4v) is 3.79. The van der Waals surface area contributed by atoms with Crippen molar-refractivity contribution >= 4 is 5.97 Å². The molecule has 2 aromatic rings. The van der Waals surface area contributed by atoms with Gasteiger partial charge >= 0.3 is 5.97 Å². The molecule has 1 N–H and O–H groups in total. The molecule has 5 nitrogen and oxygen atoms in total. The zero-order chi connectivity index (χ0) is 20.7. The number of hydrogen-bond donors (Lipinski definition) is 1. The molecule has 2 aromatic carbocycles. The summed E-state index contributed by atoms with van der Waals surface area (Å²) in [5.74, 6) is 1.70. The third kappa shape index (κ3) is 5.97. The zero-order valence-electron chi connectivity index (χ0n) is 17.6. The highest BCUT2D eigenvalue weighted by atomic mass is 16.6. The summed E-state index contributed by atoms with van der Waals surface area (Å²) < 4.78 is 17.2. The molecule has 1 fully saturated rings. The number of carbonyl (C=O) groups is 1. The summed E-state index contributed by atoms with van der Waals surface area (Å²) in [5, 5.41) is 3.35. The van der Waals surface area contributed by atoms with Crippen LogP contribution in [0.2, 0.25) is 0 Å². The van der Waals surface area contributed by atoms with Gasteiger partial charge in [0.2, 0.25) is 0 Å². The van der Waals surface area contributed by atoms with Crippen LogP contribution in [0.25, 0.3) is 0 Å². The Kier molecular flexibility index (Phi) is 7.15. The van der Waals surface area contributed by atoms with E-state index in [-0.39, 0.29) is 12.4 Å². The standard InChI is InChI=1S/C24H31NO4/c1-24(2,20-11-13-25-14-12-20)29-23(26)16-18-9-10-19(22(15-18)27-3)17-28-21-7-5-4-6-8-21/h4-10,15,20,25H,11-14,16-17H2,1-3H3. The normalized spacial score (nSPS) is 15.0. The van der Waals surface area contributed by atoms with Crippen LogP contribution in [-0.2, 0) is 22.6 Å². The van der Waals surface area contributed by atoms with Crippen molar-refractivity contribution in [3.05, 3.63) is 59.7 Å². The molecule has 29 heavy (non-hydrogen) atoms. The summed E-state index contributed by atoms with van der Waals surface area (Å²) in [6.45, 7) is 6.41. The van der Waals surface area contributed by atoms with Crippen molar-refractivity contribution in [1.82, 2.24) is 5.32 Å². The highest BCUT2D eigenvalue weighted by Gasteiger charge is 2.34. The van der Waals surface area contributed by atoms with Crippen molar-refractivity contribution in [3.8, 4) is 11.5 Å². The minimum absolute atomic E-state index is 0.205. The van der Waals surface area contributed by atoms with Crippen LogP contribution < -0.4 is 14.8 Å². The molecular weight excluding hydrogens is 366 g/mol. The lowest BCUT2D eigenvalue weighted by Crippen LogP contribution is -2.43. The first-order chi connectivity index (χ1) is 14.0. The Bertz CT molecular complexity index is 798. The monoisotopic (exact) mass is 397 g/mol. The number of rotatable bonds is 8. The summed E-state index contributed by atoms with van der Waals surface area (Å²) in [5.41, 5.74) is 1.35. The first-order valence-corrected chi connectivity index (χ1v) is 10.2. The Morgan fingerprint density at radius 1 is 1.10 bits per heavy atom. The van der Waals surface area contributed by atoms with Gasteiger partial charge in [0.05, 0.1) is 13.5 Å². The van der Waals surface area contributed by atoms with Crippen LogP contribution in [0.5, 0.6) is 11.5 Å². The number of carbonyl (C=O) groups excluding carboxylic acids is 1. The van der Waals surface area contributed by atoms with E-state index in [4.69, 9.17) is 14.2 Å². The molecule has 156 valence electrons. The molecule has 1 aliphatic heterocycles. The Morgan fingerprint density at radius 2 is 1.83 bits per heavy atom. The smallest absolute Gasteiger partial charge is 0.310 e. The molecule has 0 radical (unpaired) electrons. The van der Waals surface area contributed by atoms with E-state index in [1.54, 1.807) is 7.11 Å². The molecule has 0 bridgehead atoms. The molecule has 0 atom stereocenters. The second kappa shape index (κ2) is 9.79. The average Bonchev–Trinajstić information content (AvgIpc) is 2.73. The van der Waals surface area contributed by atoms with Crippen LogP contribution in [0, 0.1) is 5.92 Å². The Balaban J connectivity index is 1.59. The Morgan fingerprint density at radius 3 is 2.52 bits per heavy atom. The number of ether oxygens (including phenoxy) is 3. The lowest BCUT2D eigenvalue weighted by Gasteiger charge is -2.36. The van der Waals surface area contributed by atoms with E-state index >= 15 is 0 Å². The second-order valence-corrected chi connectivity index (χ2v) is 8.03. The predicted octanol–water partition coefficient (Wildman–Crippen LogP) is 4.14. The maximum atomic E-state index is 12.6. The number of para-hydroxylation sites is 1. The van der Waals surface area contributed by atoms with Crippen LogP contribution in [0.1, 0.15) is 37.8 Å². The van der Waals surface area contributed by atoms with Gasteiger partial charge in [0, 0.05) is 11.5 Å². The highest BCUT2D eigenvalue weighted by Crippen LogP contribution is 2.30. The average molecular weight is 398 g/mol. The maximum absolute atomic E-state index is 12.6. The molecule has 0 saturated carbocycles. The van der Waals surface area contributed by atoms with Gasteiger partial charge in [0.1, 0.15) is 23.7 Å². The zero-order valence-corrected chi connectivity index (χ0v) is 17.6. The van der Waals surface area contributed by atoms with Crippen LogP contribution in [-0.4, -0.2) is 31.8 Å². The van der Waals surface area contributed by atoms with Crippen LogP contribution in [0.3, 0.4) is 0 Å². The van der Waals surface area contributed by atoms with Crippen LogP contribution >= 0.6 is 0 Å². The minimum Gasteiger partial charge on any atom is -0.496 e. The number of hydrogen-bond acceptors (Lipinski definition) is 5. The van der Waals surface area contributed by atoms with Gasteiger partial charge in [-0.2, -0.15) is 0 Å². The van der Waals surface area contributed by atoms with Gasteiger partial charge in [0.25, 0.3) is 0 Å². The van der Waals surface area contributed by atoms with E-state index in [1.165, 1.54) is 0 Å². The summed E-state index contributed by atoms with van der Waals surface area (Å²) in [6, 6.07) is 15.4. The molecule has 0 aromatic heterocycles. The Labute approximate surface area is 173 Å². The summed E-state index contributed by atoms with van der Waals surface area (Å²) in [6.07, 6.45) is 2.29. The highest BCUT2D eigenvalue weighted by molar-refractivity contribution is 5.73. The van der Waals surface area contributed by atoms with Gasteiger partial charge in [-0.1, -0.05) is 30.3 Å². The molecule has 5 heteroatoms. The molecule has 0 aliphatic carbocycles. The number of nitrogens with one attached hydrogen (secondary N) is 1. The molecule has 0 unspecified atom stereocenters. The van der Waals surface area contributed by atoms with E-state index in [9.17, 15) is 4.79 Å². The molecule has 1 saturated heterocycles. The van der Waals surface area contributed by atoms with Crippen molar-refractivity contribution in [2.45, 2.75) is 45.3 Å². The third-order valence-corrected chi connectivity index (χ3v) is 5.54. The summed E-state index contributed by atoms with van der Waals surface area (Å²) >= 11 is 0. The number of methoxy groups -OCH3 is 1. The second-order valence-electron chi connectivity index (χ2n) is 8.03. The predicted molar refractivity (Wildman–Crippen MR) is 113 cm³/mol. The van der Waals surface area contributed by atoms with Gasteiger partial charge in [-0.15, -0.1) is 0 Å². The molecule has 1 heterocycles. The van der Waals surface area contributed by atoms with Gasteiger partial charge in [-0.25, -0.2) is 0 Å². The van der Waals surface area contributed by atoms with Crippen molar-refractivity contribution in [2.75, 3.05) is 20.2 Å². The third-order valence-electron chi connectivity index (χ3n) is 5.54. The number of piperidine rings is 1. The van der Waals surface area contributed by atoms with Crippen LogP contribution in [0.15, 0.2) is 48.5 Å². The first kappa shape index (κ1) is 21.2. The minimum atomic E-state index is -0.452. The van der Waals surface area contributed by atoms with Gasteiger partial charge in [-0.3, -0.25) is 4.79 Å². The number of esters is 1. The molecule has 0 amide bonds. The van der Waals surface area contributed by atoms with Gasteiger partial charge in [0.15, 0.2) is 0 Å². The molecule has 0 spiro atoms. The lowest BCUT2D eigenvalue weighted by molar-refractivity contribution is -0.161. The quantitative estimate of drug-likeness (QED) is 0.679. The topological polar surface area (TPSA) is 56.8 Å². The molecular formula is C24H31NO4. The van der Waals surface area contributed by atoms with Gasteiger partial charge in [-0.05, 0) is 63.5 Å². The van der Waals surface area contributed by atoms with Crippen molar-refractivity contribution in [2.24, 2.45) is 5.92 Å². The number of benzene rings is 2. The molecule has 1 aliphatic rings. The maximum Gasteiger partial charge on any atom is 0.310 e. The van der Waals surface area contributed by atoms with E-state index in [1.807, 2.05) is 62.4 Å². The molecule has 3 rings (SSSR count). The Hall–Kier alpha value is -2.53.